The highest BCUT2D eigenvalue weighted by atomic mass is 19.3. The van der Waals surface area contributed by atoms with Crippen LogP contribution in [0.25, 0.3) is 0 Å². The fraction of sp³-hybridized carbons (Fsp3) is 0.333. The molecule has 1 N–H and O–H groups in total. The van der Waals surface area contributed by atoms with E-state index in [2.05, 4.69) is 15.2 Å². The molecule has 0 unspecified atom stereocenters. The van der Waals surface area contributed by atoms with Crippen LogP contribution in [-0.4, -0.2) is 28.8 Å². The maximum Gasteiger partial charge on any atom is 0.387 e. The van der Waals surface area contributed by atoms with Gasteiger partial charge in [0.1, 0.15) is 5.75 Å². The molecule has 2 rings (SSSR count). The predicted octanol–water partition coefficient (Wildman–Crippen LogP) is 2.61. The summed E-state index contributed by atoms with van der Waals surface area (Å²) in [6, 6.07) is 7.82. The van der Waals surface area contributed by atoms with Crippen molar-refractivity contribution in [1.82, 2.24) is 15.1 Å². The van der Waals surface area contributed by atoms with Gasteiger partial charge < -0.3 is 10.1 Å². The monoisotopic (exact) mass is 309 g/mol. The van der Waals surface area contributed by atoms with Crippen molar-refractivity contribution in [3.63, 3.8) is 0 Å². The Morgan fingerprint density at radius 3 is 2.82 bits per heavy atom. The van der Waals surface area contributed by atoms with Crippen LogP contribution in [0.1, 0.15) is 22.5 Å². The largest absolute Gasteiger partial charge is 0.434 e. The van der Waals surface area contributed by atoms with Crippen LogP contribution in [0.2, 0.25) is 0 Å². The molecule has 0 saturated heterocycles. The average molecular weight is 309 g/mol. The summed E-state index contributed by atoms with van der Waals surface area (Å²) in [5, 5.41) is 6.83. The van der Waals surface area contributed by atoms with Crippen molar-refractivity contribution < 1.29 is 18.3 Å². The zero-order valence-electron chi connectivity index (χ0n) is 12.1. The fourth-order valence-electron chi connectivity index (χ4n) is 2.01. The van der Waals surface area contributed by atoms with Gasteiger partial charge in [-0.25, -0.2) is 0 Å². The molecule has 118 valence electrons. The highest BCUT2D eigenvalue weighted by Crippen LogP contribution is 2.19. The number of amides is 1. The predicted molar refractivity (Wildman–Crippen MR) is 77.0 cm³/mol. The van der Waals surface area contributed by atoms with Crippen LogP contribution in [0.15, 0.2) is 36.5 Å². The quantitative estimate of drug-likeness (QED) is 0.800. The van der Waals surface area contributed by atoms with Gasteiger partial charge >= 0.3 is 6.61 Å². The fourth-order valence-corrected chi connectivity index (χ4v) is 2.01. The Morgan fingerprint density at radius 2 is 2.14 bits per heavy atom. The molecule has 7 heteroatoms. The third kappa shape index (κ3) is 4.28. The number of nitrogens with one attached hydrogen (secondary N) is 1. The van der Waals surface area contributed by atoms with Gasteiger partial charge in [0.05, 0.1) is 5.56 Å². The molecule has 1 heterocycles. The number of benzene rings is 1. The summed E-state index contributed by atoms with van der Waals surface area (Å²) in [5.74, 6) is -0.564. The van der Waals surface area contributed by atoms with Crippen molar-refractivity contribution in [2.24, 2.45) is 0 Å². The first-order chi connectivity index (χ1) is 10.6. The number of carbonyl (C=O) groups is 1. The van der Waals surface area contributed by atoms with E-state index >= 15 is 0 Å². The van der Waals surface area contributed by atoms with E-state index in [9.17, 15) is 13.6 Å². The van der Waals surface area contributed by atoms with Crippen LogP contribution in [0.5, 0.6) is 5.75 Å². The van der Waals surface area contributed by atoms with Crippen molar-refractivity contribution in [2.75, 3.05) is 6.54 Å². The normalized spacial score (nSPS) is 10.7. The number of nitrogens with zero attached hydrogens (tertiary/aromatic N) is 2. The van der Waals surface area contributed by atoms with E-state index in [1.165, 1.54) is 18.2 Å². The Kier molecular flexibility index (Phi) is 5.46. The van der Waals surface area contributed by atoms with Gasteiger partial charge in [0.25, 0.3) is 5.91 Å². The summed E-state index contributed by atoms with van der Waals surface area (Å²) < 4.78 is 30.8. The van der Waals surface area contributed by atoms with Gasteiger partial charge in [-0.1, -0.05) is 12.1 Å². The summed E-state index contributed by atoms with van der Waals surface area (Å²) in [5.41, 5.74) is 1.14. The van der Waals surface area contributed by atoms with Crippen molar-refractivity contribution in [2.45, 2.75) is 26.5 Å². The van der Waals surface area contributed by atoms with E-state index < -0.39 is 12.5 Å². The number of halogens is 2. The van der Waals surface area contributed by atoms with Crippen molar-refractivity contribution in [3.8, 4) is 5.75 Å². The van der Waals surface area contributed by atoms with E-state index in [0.717, 1.165) is 5.69 Å². The SMILES string of the molecule is Cc1ccnn1CCCNC(=O)c1ccccc1OC(F)F. The highest BCUT2D eigenvalue weighted by molar-refractivity contribution is 5.96. The van der Waals surface area contributed by atoms with Gasteiger partial charge in [0.2, 0.25) is 0 Å². The van der Waals surface area contributed by atoms with Crippen LogP contribution >= 0.6 is 0 Å². The number of aromatic nitrogens is 2. The lowest BCUT2D eigenvalue weighted by Crippen LogP contribution is -2.26. The summed E-state index contributed by atoms with van der Waals surface area (Å²) in [6.07, 6.45) is 2.40. The lowest BCUT2D eigenvalue weighted by Gasteiger charge is -2.11. The van der Waals surface area contributed by atoms with Gasteiger partial charge in [-0.3, -0.25) is 9.48 Å². The first-order valence-electron chi connectivity index (χ1n) is 6.88. The highest BCUT2D eigenvalue weighted by Gasteiger charge is 2.14. The minimum Gasteiger partial charge on any atom is -0.434 e. The van der Waals surface area contributed by atoms with E-state index in [1.54, 1.807) is 12.3 Å². The minimum atomic E-state index is -2.96. The van der Waals surface area contributed by atoms with Crippen molar-refractivity contribution >= 4 is 5.91 Å². The molecule has 0 atom stereocenters. The molecule has 0 aliphatic carbocycles. The molecule has 0 saturated carbocycles. The Labute approximate surface area is 126 Å². The first-order valence-corrected chi connectivity index (χ1v) is 6.88. The maximum atomic E-state index is 12.3. The molecular weight excluding hydrogens is 292 g/mol. The van der Waals surface area contributed by atoms with E-state index in [1.807, 2.05) is 17.7 Å². The Hall–Kier alpha value is -2.44. The van der Waals surface area contributed by atoms with Crippen LogP contribution in [-0.2, 0) is 6.54 Å². The average Bonchev–Trinajstić information content (AvgIpc) is 2.89. The Balaban J connectivity index is 1.86. The number of rotatable bonds is 7. The number of hydrogen-bond acceptors (Lipinski definition) is 3. The van der Waals surface area contributed by atoms with Gasteiger partial charge in [-0.2, -0.15) is 13.9 Å². The zero-order chi connectivity index (χ0) is 15.9. The Morgan fingerprint density at radius 1 is 1.36 bits per heavy atom. The number of aryl methyl sites for hydroxylation is 2. The van der Waals surface area contributed by atoms with E-state index in [4.69, 9.17) is 0 Å². The lowest BCUT2D eigenvalue weighted by atomic mass is 10.2. The standard InChI is InChI=1S/C15H17F2N3O2/c1-11-7-9-19-20(11)10-4-8-18-14(21)12-5-2-3-6-13(12)22-15(16)17/h2-3,5-7,9,15H,4,8,10H2,1H3,(H,18,21). The summed E-state index contributed by atoms with van der Waals surface area (Å²) >= 11 is 0. The number of hydrogen-bond donors (Lipinski definition) is 1. The topological polar surface area (TPSA) is 56.2 Å². The zero-order valence-corrected chi connectivity index (χ0v) is 12.1. The summed E-state index contributed by atoms with van der Waals surface area (Å²) in [6.45, 7) is 0.0793. The number of alkyl halides is 2. The molecule has 0 bridgehead atoms. The second kappa shape index (κ2) is 7.53. The summed E-state index contributed by atoms with van der Waals surface area (Å²) in [7, 11) is 0. The third-order valence-electron chi connectivity index (χ3n) is 3.11. The molecule has 0 fully saturated rings. The lowest BCUT2D eigenvalue weighted by molar-refractivity contribution is -0.0501. The summed E-state index contributed by atoms with van der Waals surface area (Å²) in [4.78, 5) is 12.0. The molecule has 5 nitrogen and oxygen atoms in total. The van der Waals surface area contributed by atoms with Crippen molar-refractivity contribution in [3.05, 3.63) is 47.8 Å². The molecule has 22 heavy (non-hydrogen) atoms. The smallest absolute Gasteiger partial charge is 0.387 e. The van der Waals surface area contributed by atoms with Gasteiger partial charge in [-0.15, -0.1) is 0 Å². The van der Waals surface area contributed by atoms with Gasteiger partial charge in [0.15, 0.2) is 0 Å². The van der Waals surface area contributed by atoms with Gasteiger partial charge in [-0.05, 0) is 31.5 Å². The van der Waals surface area contributed by atoms with Crippen LogP contribution in [0.4, 0.5) is 8.78 Å². The molecule has 1 amide bonds. The molecule has 1 aromatic heterocycles. The second-order valence-corrected chi connectivity index (χ2v) is 4.68. The molecular formula is C15H17F2N3O2. The maximum absolute atomic E-state index is 12.3. The first kappa shape index (κ1) is 15.9. The Bertz CT molecular complexity index is 629. The van der Waals surface area contributed by atoms with E-state index in [-0.39, 0.29) is 11.3 Å². The second-order valence-electron chi connectivity index (χ2n) is 4.68. The number of carbonyl (C=O) groups excluding carboxylic acids is 1. The van der Waals surface area contributed by atoms with Crippen molar-refractivity contribution in [1.29, 1.82) is 0 Å². The molecule has 0 spiro atoms. The van der Waals surface area contributed by atoms with Crippen LogP contribution in [0, 0.1) is 6.92 Å². The number of para-hydroxylation sites is 1. The molecule has 2 aromatic rings. The molecule has 0 aliphatic rings. The van der Waals surface area contributed by atoms with E-state index in [0.29, 0.717) is 19.5 Å². The molecule has 0 aliphatic heterocycles. The molecule has 0 radical (unpaired) electrons. The number of ether oxygens (including phenoxy) is 1. The molecule has 1 aromatic carbocycles. The van der Waals surface area contributed by atoms with Crippen LogP contribution < -0.4 is 10.1 Å². The minimum absolute atomic E-state index is 0.0954. The van der Waals surface area contributed by atoms with Gasteiger partial charge in [0, 0.05) is 25.0 Å². The van der Waals surface area contributed by atoms with Crippen LogP contribution in [0.3, 0.4) is 0 Å². The third-order valence-corrected chi connectivity index (χ3v) is 3.11.